The van der Waals surface area contributed by atoms with Crippen LogP contribution in [-0.4, -0.2) is 12.6 Å². The third kappa shape index (κ3) is 3.76. The number of rotatable bonds is 5. The molecule has 0 atom stereocenters. The molecule has 1 aliphatic carbocycles. The number of nitrogens with zero attached hydrogens (tertiary/aromatic N) is 1. The molecule has 0 aromatic heterocycles. The first kappa shape index (κ1) is 9.05. The van der Waals surface area contributed by atoms with Gasteiger partial charge in [0.15, 0.2) is 0 Å². The van der Waals surface area contributed by atoms with Crippen LogP contribution in [-0.2, 0) is 0 Å². The molecule has 1 saturated carbocycles. The van der Waals surface area contributed by atoms with Crippen LogP contribution < -0.4 is 5.32 Å². The van der Waals surface area contributed by atoms with Gasteiger partial charge in [0.05, 0.1) is 0 Å². The zero-order valence-corrected chi connectivity index (χ0v) is 7.84. The SMILES string of the molecule is CC(C)CCC[N]C1CCC1. The maximum Gasteiger partial charge on any atom is 0.0246 e. The molecule has 0 amide bonds. The van der Waals surface area contributed by atoms with E-state index in [9.17, 15) is 0 Å². The van der Waals surface area contributed by atoms with Gasteiger partial charge in [-0.1, -0.05) is 20.3 Å². The van der Waals surface area contributed by atoms with Crippen molar-refractivity contribution >= 4 is 0 Å². The summed E-state index contributed by atoms with van der Waals surface area (Å²) in [6.45, 7) is 5.68. The van der Waals surface area contributed by atoms with Gasteiger partial charge in [-0.05, 0) is 31.6 Å². The summed E-state index contributed by atoms with van der Waals surface area (Å²) in [7, 11) is 0. The van der Waals surface area contributed by atoms with Crippen LogP contribution in [0.4, 0.5) is 0 Å². The van der Waals surface area contributed by atoms with Gasteiger partial charge < -0.3 is 0 Å². The van der Waals surface area contributed by atoms with E-state index in [1.165, 1.54) is 32.1 Å². The van der Waals surface area contributed by atoms with E-state index in [1.54, 1.807) is 0 Å². The third-order valence-electron chi connectivity index (χ3n) is 2.40. The van der Waals surface area contributed by atoms with Crippen molar-refractivity contribution in [3.8, 4) is 0 Å². The summed E-state index contributed by atoms with van der Waals surface area (Å²) in [5, 5.41) is 4.60. The van der Waals surface area contributed by atoms with Crippen molar-refractivity contribution in [1.29, 1.82) is 0 Å². The normalized spacial score (nSPS) is 18.8. The third-order valence-corrected chi connectivity index (χ3v) is 2.40. The van der Waals surface area contributed by atoms with Crippen LogP contribution in [0, 0.1) is 5.92 Å². The summed E-state index contributed by atoms with van der Waals surface area (Å²) in [5.41, 5.74) is 0. The van der Waals surface area contributed by atoms with Crippen LogP contribution in [0.5, 0.6) is 0 Å². The van der Waals surface area contributed by atoms with E-state index in [0.717, 1.165) is 18.5 Å². The van der Waals surface area contributed by atoms with Gasteiger partial charge in [0.2, 0.25) is 0 Å². The molecule has 1 aliphatic rings. The largest absolute Gasteiger partial charge is 0.238 e. The lowest BCUT2D eigenvalue weighted by Crippen LogP contribution is -2.29. The Labute approximate surface area is 70.6 Å². The lowest BCUT2D eigenvalue weighted by Gasteiger charge is -2.24. The van der Waals surface area contributed by atoms with Gasteiger partial charge in [-0.25, -0.2) is 5.32 Å². The number of hydrogen-bond donors (Lipinski definition) is 0. The van der Waals surface area contributed by atoms with Crippen molar-refractivity contribution < 1.29 is 0 Å². The molecule has 65 valence electrons. The lowest BCUT2D eigenvalue weighted by molar-refractivity contribution is 0.328. The summed E-state index contributed by atoms with van der Waals surface area (Å²) in [6, 6.07) is 0.752. The quantitative estimate of drug-likeness (QED) is 0.540. The van der Waals surface area contributed by atoms with Crippen molar-refractivity contribution in [1.82, 2.24) is 5.32 Å². The van der Waals surface area contributed by atoms with Crippen LogP contribution in [0.2, 0.25) is 0 Å². The van der Waals surface area contributed by atoms with Gasteiger partial charge in [0, 0.05) is 12.6 Å². The van der Waals surface area contributed by atoms with Gasteiger partial charge in [0.25, 0.3) is 0 Å². The highest BCUT2D eigenvalue weighted by molar-refractivity contribution is 4.75. The molecule has 11 heavy (non-hydrogen) atoms. The molecule has 1 rings (SSSR count). The summed E-state index contributed by atoms with van der Waals surface area (Å²) in [6.07, 6.45) is 6.78. The second kappa shape index (κ2) is 4.76. The van der Waals surface area contributed by atoms with Gasteiger partial charge in [-0.2, -0.15) is 0 Å². The minimum absolute atomic E-state index is 0.752. The molecule has 0 saturated heterocycles. The average Bonchev–Trinajstić information content (AvgIpc) is 1.82. The second-order valence-corrected chi connectivity index (χ2v) is 4.03. The summed E-state index contributed by atoms with van der Waals surface area (Å²) >= 11 is 0. The zero-order chi connectivity index (χ0) is 8.10. The maximum absolute atomic E-state index is 4.60. The summed E-state index contributed by atoms with van der Waals surface area (Å²) in [4.78, 5) is 0. The molecule has 1 heteroatoms. The zero-order valence-electron chi connectivity index (χ0n) is 7.84. The predicted octanol–water partition coefficient (Wildman–Crippen LogP) is 2.58. The molecule has 0 heterocycles. The molecule has 0 aromatic carbocycles. The summed E-state index contributed by atoms with van der Waals surface area (Å²) < 4.78 is 0. The maximum atomic E-state index is 4.60. The smallest absolute Gasteiger partial charge is 0.0246 e. The van der Waals surface area contributed by atoms with Crippen molar-refractivity contribution in [3.63, 3.8) is 0 Å². The molecular formula is C10H20N. The second-order valence-electron chi connectivity index (χ2n) is 4.03. The standard InChI is InChI=1S/C10H20N/c1-9(2)5-4-8-11-10-6-3-7-10/h9-10H,3-8H2,1-2H3. The van der Waals surface area contributed by atoms with Gasteiger partial charge in [0.1, 0.15) is 0 Å². The lowest BCUT2D eigenvalue weighted by atomic mass is 9.93. The highest BCUT2D eigenvalue weighted by Gasteiger charge is 2.16. The van der Waals surface area contributed by atoms with Gasteiger partial charge in [-0.15, -0.1) is 0 Å². The predicted molar refractivity (Wildman–Crippen MR) is 48.7 cm³/mol. The molecule has 1 radical (unpaired) electrons. The van der Waals surface area contributed by atoms with Crippen molar-refractivity contribution in [3.05, 3.63) is 0 Å². The topological polar surface area (TPSA) is 14.1 Å². The minimum Gasteiger partial charge on any atom is -0.238 e. The molecule has 0 aliphatic heterocycles. The number of hydrogen-bond acceptors (Lipinski definition) is 0. The molecule has 1 fully saturated rings. The first-order valence-corrected chi connectivity index (χ1v) is 4.95. The van der Waals surface area contributed by atoms with Crippen LogP contribution >= 0.6 is 0 Å². The van der Waals surface area contributed by atoms with Crippen LogP contribution in [0.15, 0.2) is 0 Å². The molecule has 0 N–H and O–H groups in total. The molecule has 1 nitrogen and oxygen atoms in total. The fourth-order valence-corrected chi connectivity index (χ4v) is 1.34. The Morgan fingerprint density at radius 1 is 1.36 bits per heavy atom. The van der Waals surface area contributed by atoms with Gasteiger partial charge >= 0.3 is 0 Å². The molecule has 0 spiro atoms. The Balaban J connectivity index is 1.80. The average molecular weight is 154 g/mol. The molecule has 0 aromatic rings. The Hall–Kier alpha value is -0.0400. The van der Waals surface area contributed by atoms with E-state index in [1.807, 2.05) is 0 Å². The van der Waals surface area contributed by atoms with E-state index in [4.69, 9.17) is 0 Å². The Bertz CT molecular complexity index is 95.0. The molecule has 0 unspecified atom stereocenters. The fraction of sp³-hybridized carbons (Fsp3) is 1.00. The van der Waals surface area contributed by atoms with E-state index in [2.05, 4.69) is 19.2 Å². The van der Waals surface area contributed by atoms with E-state index < -0.39 is 0 Å². The highest BCUT2D eigenvalue weighted by Crippen LogP contribution is 2.19. The Morgan fingerprint density at radius 3 is 2.55 bits per heavy atom. The molecular weight excluding hydrogens is 134 g/mol. The Kier molecular flexibility index (Phi) is 3.92. The fourth-order valence-electron chi connectivity index (χ4n) is 1.34. The van der Waals surface area contributed by atoms with E-state index >= 15 is 0 Å². The Morgan fingerprint density at radius 2 is 2.09 bits per heavy atom. The van der Waals surface area contributed by atoms with E-state index in [-0.39, 0.29) is 0 Å². The van der Waals surface area contributed by atoms with Crippen molar-refractivity contribution in [2.45, 2.75) is 52.0 Å². The van der Waals surface area contributed by atoms with Crippen molar-refractivity contribution in [2.24, 2.45) is 5.92 Å². The van der Waals surface area contributed by atoms with E-state index in [0.29, 0.717) is 0 Å². The van der Waals surface area contributed by atoms with Crippen molar-refractivity contribution in [2.75, 3.05) is 6.54 Å². The highest BCUT2D eigenvalue weighted by atomic mass is 14.9. The first-order valence-electron chi connectivity index (χ1n) is 4.95. The van der Waals surface area contributed by atoms with Gasteiger partial charge in [-0.3, -0.25) is 0 Å². The van der Waals surface area contributed by atoms with Crippen LogP contribution in [0.1, 0.15) is 46.0 Å². The molecule has 0 bridgehead atoms. The summed E-state index contributed by atoms with van der Waals surface area (Å²) in [5.74, 6) is 0.853. The van der Waals surface area contributed by atoms with Crippen LogP contribution in [0.25, 0.3) is 0 Å². The first-order chi connectivity index (χ1) is 5.29. The van der Waals surface area contributed by atoms with Crippen LogP contribution in [0.3, 0.4) is 0 Å². The minimum atomic E-state index is 0.752. The monoisotopic (exact) mass is 154 g/mol.